The minimum atomic E-state index is -0.159. The topological polar surface area (TPSA) is 76.4 Å². The molecule has 0 fully saturated rings. The smallest absolute Gasteiger partial charge is 0.283 e. The van der Waals surface area contributed by atoms with Crippen molar-refractivity contribution in [2.45, 2.75) is 13.5 Å². The van der Waals surface area contributed by atoms with Crippen LogP contribution in [0.5, 0.6) is 0 Å². The largest absolute Gasteiger partial charge is 0.394 e. The molecule has 0 saturated carbocycles. The zero-order valence-electron chi connectivity index (χ0n) is 9.65. The van der Waals surface area contributed by atoms with Crippen LogP contribution in [0.4, 0.5) is 5.69 Å². The number of aliphatic hydroxyl groups excluding tert-OH is 1. The summed E-state index contributed by atoms with van der Waals surface area (Å²) in [6.07, 6.45) is 1.60. The van der Waals surface area contributed by atoms with E-state index in [1.54, 1.807) is 6.20 Å². The number of aromatic nitrogens is 2. The lowest BCUT2D eigenvalue weighted by Gasteiger charge is -2.09. The van der Waals surface area contributed by atoms with E-state index in [4.69, 9.17) is 9.84 Å². The molecule has 0 bridgehead atoms. The van der Waals surface area contributed by atoms with E-state index in [0.717, 1.165) is 0 Å². The van der Waals surface area contributed by atoms with E-state index in [1.165, 1.54) is 4.68 Å². The minimum Gasteiger partial charge on any atom is -0.394 e. The van der Waals surface area contributed by atoms with E-state index >= 15 is 0 Å². The molecule has 0 radical (unpaired) electrons. The predicted octanol–water partition coefficient (Wildman–Crippen LogP) is 0.447. The second kappa shape index (κ2) is 7.41. The van der Waals surface area contributed by atoms with Crippen LogP contribution in [0.2, 0.25) is 0 Å². The van der Waals surface area contributed by atoms with Crippen LogP contribution in [-0.4, -0.2) is 41.3 Å². The van der Waals surface area contributed by atoms with Crippen molar-refractivity contribution in [1.82, 2.24) is 9.78 Å². The van der Waals surface area contributed by atoms with Crippen LogP contribution in [0.15, 0.2) is 15.5 Å². The Morgan fingerprint density at radius 2 is 2.35 bits per heavy atom. The normalized spacial score (nSPS) is 10.5. The van der Waals surface area contributed by atoms with Gasteiger partial charge < -0.3 is 15.2 Å². The van der Waals surface area contributed by atoms with Crippen molar-refractivity contribution in [2.24, 2.45) is 0 Å². The van der Waals surface area contributed by atoms with Gasteiger partial charge in [-0.25, -0.2) is 4.68 Å². The van der Waals surface area contributed by atoms with Gasteiger partial charge in [-0.05, 0) is 22.9 Å². The number of ether oxygens (including phenoxy) is 1. The molecule has 0 saturated heterocycles. The summed E-state index contributed by atoms with van der Waals surface area (Å²) in [5, 5.41) is 15.6. The molecule has 96 valence electrons. The number of anilines is 1. The first-order valence-electron chi connectivity index (χ1n) is 5.38. The molecule has 1 rings (SSSR count). The number of hydrogen-bond donors (Lipinski definition) is 2. The van der Waals surface area contributed by atoms with Gasteiger partial charge in [-0.3, -0.25) is 4.79 Å². The Bertz CT molecular complexity index is 408. The van der Waals surface area contributed by atoms with Crippen LogP contribution in [0.1, 0.15) is 6.92 Å². The molecule has 0 amide bonds. The fourth-order valence-electron chi connectivity index (χ4n) is 1.24. The zero-order chi connectivity index (χ0) is 12.7. The number of aryl methyl sites for hydroxylation is 1. The predicted molar refractivity (Wildman–Crippen MR) is 68.3 cm³/mol. The Kier molecular flexibility index (Phi) is 6.17. The lowest BCUT2D eigenvalue weighted by molar-refractivity contribution is 0.0992. The van der Waals surface area contributed by atoms with Crippen molar-refractivity contribution in [1.29, 1.82) is 0 Å². The average molecular weight is 306 g/mol. The van der Waals surface area contributed by atoms with Crippen molar-refractivity contribution < 1.29 is 9.84 Å². The first-order chi connectivity index (χ1) is 8.20. The van der Waals surface area contributed by atoms with Gasteiger partial charge in [0.25, 0.3) is 5.56 Å². The van der Waals surface area contributed by atoms with Crippen molar-refractivity contribution in [3.05, 3.63) is 21.0 Å². The highest BCUT2D eigenvalue weighted by Crippen LogP contribution is 2.15. The van der Waals surface area contributed by atoms with Gasteiger partial charge in [0.1, 0.15) is 4.47 Å². The second-order valence-corrected chi connectivity index (χ2v) is 4.05. The third-order valence-electron chi connectivity index (χ3n) is 2.08. The molecule has 0 unspecified atom stereocenters. The van der Waals surface area contributed by atoms with Crippen molar-refractivity contribution in [2.75, 3.05) is 31.7 Å². The van der Waals surface area contributed by atoms with Gasteiger partial charge in [0, 0.05) is 13.1 Å². The Hall–Kier alpha value is -0.920. The average Bonchev–Trinajstić information content (AvgIpc) is 2.34. The summed E-state index contributed by atoms with van der Waals surface area (Å²) in [4.78, 5) is 11.7. The van der Waals surface area contributed by atoms with E-state index in [1.807, 2.05) is 6.92 Å². The van der Waals surface area contributed by atoms with Crippen LogP contribution < -0.4 is 10.9 Å². The molecule has 0 atom stereocenters. The minimum absolute atomic E-state index is 0.0117. The standard InChI is InChI=1S/C10H16BrN3O3/c1-2-14-10(16)9(11)8(7-13-14)12-3-5-17-6-4-15/h7,12,15H,2-6H2,1H3. The summed E-state index contributed by atoms with van der Waals surface area (Å²) in [5.41, 5.74) is 0.487. The first-order valence-corrected chi connectivity index (χ1v) is 6.18. The Balaban J connectivity index is 2.55. The van der Waals surface area contributed by atoms with E-state index < -0.39 is 0 Å². The van der Waals surface area contributed by atoms with Crippen molar-refractivity contribution in [3.8, 4) is 0 Å². The van der Waals surface area contributed by atoms with Gasteiger partial charge >= 0.3 is 0 Å². The molecule has 0 aliphatic carbocycles. The van der Waals surface area contributed by atoms with Crippen LogP contribution >= 0.6 is 15.9 Å². The number of hydrogen-bond acceptors (Lipinski definition) is 5. The highest BCUT2D eigenvalue weighted by molar-refractivity contribution is 9.10. The van der Waals surface area contributed by atoms with E-state index in [9.17, 15) is 4.79 Å². The Labute approximate surface area is 108 Å². The monoisotopic (exact) mass is 305 g/mol. The van der Waals surface area contributed by atoms with Crippen LogP contribution in [0.3, 0.4) is 0 Å². The zero-order valence-corrected chi connectivity index (χ0v) is 11.2. The fraction of sp³-hybridized carbons (Fsp3) is 0.600. The third kappa shape index (κ3) is 4.10. The number of halogens is 1. The van der Waals surface area contributed by atoms with Gasteiger partial charge in [0.05, 0.1) is 31.7 Å². The number of nitrogens with one attached hydrogen (secondary N) is 1. The second-order valence-electron chi connectivity index (χ2n) is 3.26. The molecular formula is C10H16BrN3O3. The molecule has 1 aromatic heterocycles. The Morgan fingerprint density at radius 1 is 1.59 bits per heavy atom. The van der Waals surface area contributed by atoms with Gasteiger partial charge in [-0.15, -0.1) is 0 Å². The molecule has 0 spiro atoms. The lowest BCUT2D eigenvalue weighted by atomic mass is 10.4. The lowest BCUT2D eigenvalue weighted by Crippen LogP contribution is -2.24. The van der Waals surface area contributed by atoms with Crippen LogP contribution in [-0.2, 0) is 11.3 Å². The summed E-state index contributed by atoms with van der Waals surface area (Å²) in [5.74, 6) is 0. The third-order valence-corrected chi connectivity index (χ3v) is 2.85. The highest BCUT2D eigenvalue weighted by atomic mass is 79.9. The SMILES string of the molecule is CCn1ncc(NCCOCCO)c(Br)c1=O. The number of aliphatic hydroxyl groups is 1. The molecule has 7 heteroatoms. The van der Waals surface area contributed by atoms with Gasteiger partial charge in [-0.2, -0.15) is 5.10 Å². The maximum Gasteiger partial charge on any atom is 0.283 e. The van der Waals surface area contributed by atoms with Gasteiger partial charge in [0.15, 0.2) is 0 Å². The summed E-state index contributed by atoms with van der Waals surface area (Å²) < 4.78 is 6.93. The highest BCUT2D eigenvalue weighted by Gasteiger charge is 2.06. The van der Waals surface area contributed by atoms with Crippen molar-refractivity contribution >= 4 is 21.6 Å². The van der Waals surface area contributed by atoms with Crippen LogP contribution in [0.25, 0.3) is 0 Å². The molecule has 17 heavy (non-hydrogen) atoms. The molecule has 0 aliphatic rings. The van der Waals surface area contributed by atoms with Crippen molar-refractivity contribution in [3.63, 3.8) is 0 Å². The summed E-state index contributed by atoms with van der Waals surface area (Å²) >= 11 is 3.24. The Morgan fingerprint density at radius 3 is 3.00 bits per heavy atom. The van der Waals surface area contributed by atoms with E-state index in [-0.39, 0.29) is 12.2 Å². The van der Waals surface area contributed by atoms with E-state index in [0.29, 0.717) is 36.5 Å². The van der Waals surface area contributed by atoms with E-state index in [2.05, 4.69) is 26.3 Å². The molecule has 6 nitrogen and oxygen atoms in total. The van der Waals surface area contributed by atoms with Crippen LogP contribution in [0, 0.1) is 0 Å². The molecule has 1 heterocycles. The molecular weight excluding hydrogens is 290 g/mol. The molecule has 2 N–H and O–H groups in total. The molecule has 0 aliphatic heterocycles. The number of rotatable bonds is 7. The summed E-state index contributed by atoms with van der Waals surface area (Å²) in [6.45, 7) is 3.74. The van der Waals surface area contributed by atoms with Gasteiger partial charge in [0.2, 0.25) is 0 Å². The fourth-order valence-corrected chi connectivity index (χ4v) is 1.69. The summed E-state index contributed by atoms with van der Waals surface area (Å²) in [6, 6.07) is 0. The maximum atomic E-state index is 11.7. The molecule has 1 aromatic rings. The quantitative estimate of drug-likeness (QED) is 0.715. The maximum absolute atomic E-state index is 11.7. The molecule has 0 aromatic carbocycles. The first kappa shape index (κ1) is 14.1. The number of nitrogens with zero attached hydrogens (tertiary/aromatic N) is 2. The van der Waals surface area contributed by atoms with Gasteiger partial charge in [-0.1, -0.05) is 0 Å². The summed E-state index contributed by atoms with van der Waals surface area (Å²) in [7, 11) is 0.